The van der Waals surface area contributed by atoms with Gasteiger partial charge in [0.1, 0.15) is 18.2 Å². The van der Waals surface area contributed by atoms with Gasteiger partial charge in [-0.15, -0.1) is 0 Å². The van der Waals surface area contributed by atoms with Gasteiger partial charge in [-0.3, -0.25) is 9.69 Å². The molecule has 6 heterocycles. The van der Waals surface area contributed by atoms with Crippen LogP contribution in [0.2, 0.25) is 5.02 Å². The lowest BCUT2D eigenvalue weighted by Gasteiger charge is -2.42. The molecule has 3 saturated heterocycles. The van der Waals surface area contributed by atoms with Gasteiger partial charge in [-0.25, -0.2) is 4.39 Å². The van der Waals surface area contributed by atoms with Crippen molar-refractivity contribution in [1.82, 2.24) is 29.9 Å². The van der Waals surface area contributed by atoms with E-state index in [1.165, 1.54) is 18.2 Å². The second-order valence-electron chi connectivity index (χ2n) is 14.8. The SMILES string of the molecule is CC(C)c1noc(/C=C/C(=O)N2CCN(c3nc(OCC45CCCN4CCC5)nc4c3CCN(c3cccc5ccc(F)c(Cl)c35)C4)C[C@@H]2CC#N)n1. The molecule has 0 bridgehead atoms. The minimum atomic E-state index is -0.452. The van der Waals surface area contributed by atoms with Gasteiger partial charge < -0.3 is 24.0 Å². The average molecular weight is 740 g/mol. The van der Waals surface area contributed by atoms with Gasteiger partial charge in [0.25, 0.3) is 5.89 Å². The van der Waals surface area contributed by atoms with E-state index in [1.807, 2.05) is 32.0 Å². The number of carbonyl (C=O) groups excluding carboxylic acids is 1. The predicted molar refractivity (Wildman–Crippen MR) is 199 cm³/mol. The van der Waals surface area contributed by atoms with Gasteiger partial charge in [-0.05, 0) is 62.7 Å². The molecule has 53 heavy (non-hydrogen) atoms. The number of amides is 1. The van der Waals surface area contributed by atoms with E-state index < -0.39 is 5.82 Å². The van der Waals surface area contributed by atoms with E-state index in [0.29, 0.717) is 63.0 Å². The Morgan fingerprint density at radius 2 is 1.94 bits per heavy atom. The molecule has 4 aromatic rings. The van der Waals surface area contributed by atoms with E-state index in [4.69, 9.17) is 30.8 Å². The molecule has 0 radical (unpaired) electrons. The molecule has 2 aromatic heterocycles. The molecular weight excluding hydrogens is 697 g/mol. The van der Waals surface area contributed by atoms with Gasteiger partial charge in [-0.1, -0.05) is 48.8 Å². The molecule has 0 aliphatic carbocycles. The number of rotatable bonds is 9. The van der Waals surface area contributed by atoms with E-state index in [0.717, 1.165) is 66.9 Å². The first-order valence-corrected chi connectivity index (χ1v) is 18.9. The maximum absolute atomic E-state index is 14.7. The summed E-state index contributed by atoms with van der Waals surface area (Å²) in [4.78, 5) is 36.6. The van der Waals surface area contributed by atoms with Crippen molar-refractivity contribution in [2.45, 2.75) is 76.4 Å². The zero-order valence-electron chi connectivity index (χ0n) is 30.1. The highest BCUT2D eigenvalue weighted by atomic mass is 35.5. The maximum Gasteiger partial charge on any atom is 0.318 e. The van der Waals surface area contributed by atoms with Crippen molar-refractivity contribution in [3.8, 4) is 12.1 Å². The van der Waals surface area contributed by atoms with Crippen molar-refractivity contribution in [3.63, 3.8) is 0 Å². The summed E-state index contributed by atoms with van der Waals surface area (Å²) in [5.74, 6) is 1.04. The molecule has 4 aliphatic heterocycles. The van der Waals surface area contributed by atoms with Crippen molar-refractivity contribution in [3.05, 3.63) is 70.2 Å². The van der Waals surface area contributed by atoms with Crippen molar-refractivity contribution in [1.29, 1.82) is 5.26 Å². The van der Waals surface area contributed by atoms with Crippen molar-refractivity contribution >= 4 is 45.9 Å². The number of aromatic nitrogens is 4. The summed E-state index contributed by atoms with van der Waals surface area (Å²) in [6, 6.07) is 11.3. The third-order valence-corrected chi connectivity index (χ3v) is 11.7. The number of ether oxygens (including phenoxy) is 1. The molecule has 3 fully saturated rings. The molecular formula is C39H43ClFN9O3. The fourth-order valence-corrected chi connectivity index (χ4v) is 8.81. The van der Waals surface area contributed by atoms with Gasteiger partial charge in [0, 0.05) is 60.9 Å². The molecule has 0 N–H and O–H groups in total. The number of piperazine rings is 1. The highest BCUT2D eigenvalue weighted by Gasteiger charge is 2.45. The van der Waals surface area contributed by atoms with Gasteiger partial charge in [-0.2, -0.15) is 20.2 Å². The number of nitriles is 1. The normalized spacial score (nSPS) is 20.0. The minimum absolute atomic E-state index is 0.0181. The Balaban J connectivity index is 1.09. The van der Waals surface area contributed by atoms with Crippen molar-refractivity contribution in [2.75, 3.05) is 55.7 Å². The molecule has 14 heteroatoms. The summed E-state index contributed by atoms with van der Waals surface area (Å²) < 4.78 is 26.5. The van der Waals surface area contributed by atoms with E-state index >= 15 is 0 Å². The van der Waals surface area contributed by atoms with Crippen LogP contribution in [-0.2, 0) is 17.8 Å². The number of hydrogen-bond donors (Lipinski definition) is 0. The second-order valence-corrected chi connectivity index (χ2v) is 15.2. The lowest BCUT2D eigenvalue weighted by Crippen LogP contribution is -2.55. The molecule has 1 amide bonds. The number of anilines is 2. The van der Waals surface area contributed by atoms with Gasteiger partial charge in [0.2, 0.25) is 5.91 Å². The van der Waals surface area contributed by atoms with Crippen LogP contribution in [-0.4, -0.2) is 93.3 Å². The van der Waals surface area contributed by atoms with Gasteiger partial charge in [0.05, 0.1) is 41.3 Å². The fraction of sp³-hybridized carbons (Fsp3) is 0.487. The number of halogens is 2. The Morgan fingerprint density at radius 3 is 2.72 bits per heavy atom. The lowest BCUT2D eigenvalue weighted by atomic mass is 9.95. The lowest BCUT2D eigenvalue weighted by molar-refractivity contribution is -0.128. The van der Waals surface area contributed by atoms with Crippen LogP contribution in [0.4, 0.5) is 15.9 Å². The number of carbonyl (C=O) groups is 1. The Hall–Kier alpha value is -4.80. The molecule has 0 unspecified atom stereocenters. The molecule has 8 rings (SSSR count). The number of fused-ring (bicyclic) bond motifs is 3. The zero-order valence-corrected chi connectivity index (χ0v) is 30.9. The number of nitrogens with zero attached hydrogens (tertiary/aromatic N) is 9. The van der Waals surface area contributed by atoms with Crippen LogP contribution in [0.3, 0.4) is 0 Å². The van der Waals surface area contributed by atoms with Crippen LogP contribution < -0.4 is 14.5 Å². The van der Waals surface area contributed by atoms with Crippen molar-refractivity contribution < 1.29 is 18.4 Å². The molecule has 2 aromatic carbocycles. The summed E-state index contributed by atoms with van der Waals surface area (Å²) >= 11 is 6.56. The van der Waals surface area contributed by atoms with E-state index in [-0.39, 0.29) is 40.7 Å². The average Bonchev–Trinajstić information content (AvgIpc) is 3.91. The standard InChI is InChI=1S/C39H43ClFN9O3/c1-25(2)36-44-32(53-46-36)10-11-33(51)50-21-20-48(22-27(50)12-16-42)37-28-13-19-47(31-7-3-6-26-8-9-29(41)35(40)34(26)31)23-30(28)43-38(45-37)52-24-39-14-4-17-49(39)18-5-15-39/h3,6-11,25,27H,4-5,12-15,17-24H2,1-2H3/b11-10+/t27-/m0/s1. The summed E-state index contributed by atoms with van der Waals surface area (Å²) in [6.45, 7) is 9.10. The third kappa shape index (κ3) is 6.79. The molecule has 1 atom stereocenters. The minimum Gasteiger partial charge on any atom is -0.461 e. The van der Waals surface area contributed by atoms with Crippen LogP contribution in [0.1, 0.15) is 74.8 Å². The monoisotopic (exact) mass is 739 g/mol. The molecule has 276 valence electrons. The van der Waals surface area contributed by atoms with Crippen LogP contribution >= 0.6 is 11.6 Å². The molecule has 0 spiro atoms. The van der Waals surface area contributed by atoms with Crippen LogP contribution in [0, 0.1) is 17.1 Å². The Morgan fingerprint density at radius 1 is 1.11 bits per heavy atom. The van der Waals surface area contributed by atoms with E-state index in [1.54, 1.807) is 11.0 Å². The smallest absolute Gasteiger partial charge is 0.318 e. The van der Waals surface area contributed by atoms with Crippen LogP contribution in [0.15, 0.2) is 40.9 Å². The third-order valence-electron chi connectivity index (χ3n) is 11.3. The summed E-state index contributed by atoms with van der Waals surface area (Å²) in [7, 11) is 0. The summed E-state index contributed by atoms with van der Waals surface area (Å²) in [5.41, 5.74) is 2.72. The highest BCUT2D eigenvalue weighted by Crippen LogP contribution is 2.41. The Kier molecular flexibility index (Phi) is 9.68. The summed E-state index contributed by atoms with van der Waals surface area (Å²) in [6.07, 6.45) is 8.29. The first kappa shape index (κ1) is 35.2. The Bertz CT molecular complexity index is 2090. The van der Waals surface area contributed by atoms with Crippen LogP contribution in [0.25, 0.3) is 16.8 Å². The molecule has 0 saturated carbocycles. The quantitative estimate of drug-likeness (QED) is 0.184. The highest BCUT2D eigenvalue weighted by molar-refractivity contribution is 6.36. The largest absolute Gasteiger partial charge is 0.461 e. The first-order chi connectivity index (χ1) is 25.7. The first-order valence-electron chi connectivity index (χ1n) is 18.6. The zero-order chi connectivity index (χ0) is 36.7. The topological polar surface area (TPSA) is 128 Å². The second kappa shape index (κ2) is 14.6. The Labute approximate surface area is 313 Å². The maximum atomic E-state index is 14.7. The van der Waals surface area contributed by atoms with Gasteiger partial charge >= 0.3 is 6.01 Å². The molecule has 4 aliphatic rings. The van der Waals surface area contributed by atoms with Crippen LogP contribution in [0.5, 0.6) is 6.01 Å². The van der Waals surface area contributed by atoms with E-state index in [9.17, 15) is 14.4 Å². The predicted octanol–water partition coefficient (Wildman–Crippen LogP) is 6.14. The number of benzene rings is 2. The van der Waals surface area contributed by atoms with E-state index in [2.05, 4.69) is 30.9 Å². The fourth-order valence-electron chi connectivity index (χ4n) is 8.54. The van der Waals surface area contributed by atoms with Gasteiger partial charge in [0.15, 0.2) is 5.82 Å². The van der Waals surface area contributed by atoms with Crippen molar-refractivity contribution in [2.24, 2.45) is 0 Å². The molecule has 12 nitrogen and oxygen atoms in total. The number of hydrogen-bond acceptors (Lipinski definition) is 11. The summed E-state index contributed by atoms with van der Waals surface area (Å²) in [5, 5.41) is 15.4.